The molecule has 0 saturated carbocycles. The number of H-pyrrole nitrogens is 1. The minimum Gasteiger partial charge on any atom is -0.508 e. The minimum absolute atomic E-state index is 0.0765. The summed E-state index contributed by atoms with van der Waals surface area (Å²) >= 11 is 0. The summed E-state index contributed by atoms with van der Waals surface area (Å²) in [6.07, 6.45) is 1.16. The molecule has 1 aromatic carbocycles. The largest absolute Gasteiger partial charge is 0.508 e. The first-order valence-corrected chi connectivity index (χ1v) is 5.79. The van der Waals surface area contributed by atoms with E-state index in [-0.39, 0.29) is 23.7 Å². The number of aromatic nitrogens is 2. The number of carboxylic acids is 1. The number of nitrogens with one attached hydrogen (secondary N) is 1. The number of phenolic OH excluding ortho intramolecular Hbond substituents is 1. The Kier molecular flexibility index (Phi) is 3.69. The molecular formula is C13H13N3O4. The summed E-state index contributed by atoms with van der Waals surface area (Å²) in [5.74, 6) is -1.71. The van der Waals surface area contributed by atoms with Crippen molar-refractivity contribution in [1.82, 2.24) is 14.9 Å². The van der Waals surface area contributed by atoms with Crippen molar-refractivity contribution in [3.8, 4) is 5.75 Å². The van der Waals surface area contributed by atoms with E-state index in [1.165, 1.54) is 18.0 Å². The summed E-state index contributed by atoms with van der Waals surface area (Å²) in [6.45, 7) is 0.150. The van der Waals surface area contributed by atoms with Crippen LogP contribution in [-0.4, -0.2) is 44.0 Å². The van der Waals surface area contributed by atoms with Crippen LogP contribution in [0.4, 0.5) is 0 Å². The van der Waals surface area contributed by atoms with E-state index in [0.29, 0.717) is 5.56 Å². The number of carbonyl (C=O) groups is 2. The standard InChI is InChI=1S/C13H13N3O4/c1-16(6-8-4-2-3-5-9(8)17)12(18)10-11(13(19)20)15-7-14-10/h2-5,7,17H,6H2,1H3,(H,14,15)(H,19,20). The molecule has 104 valence electrons. The number of phenols is 1. The normalized spacial score (nSPS) is 10.2. The van der Waals surface area contributed by atoms with Crippen molar-refractivity contribution < 1.29 is 19.8 Å². The lowest BCUT2D eigenvalue weighted by atomic mass is 10.2. The third kappa shape index (κ3) is 2.61. The quantitative estimate of drug-likeness (QED) is 0.774. The smallest absolute Gasteiger partial charge is 0.354 e. The predicted octanol–water partition coefficient (Wildman–Crippen LogP) is 1.09. The molecule has 0 aliphatic heterocycles. The van der Waals surface area contributed by atoms with Crippen LogP contribution in [0, 0.1) is 0 Å². The molecule has 0 bridgehead atoms. The van der Waals surface area contributed by atoms with Crippen molar-refractivity contribution in [2.24, 2.45) is 0 Å². The summed E-state index contributed by atoms with van der Waals surface area (Å²) in [7, 11) is 1.51. The number of aromatic carboxylic acids is 1. The van der Waals surface area contributed by atoms with Crippen LogP contribution >= 0.6 is 0 Å². The lowest BCUT2D eigenvalue weighted by Gasteiger charge is -2.17. The summed E-state index contributed by atoms with van der Waals surface area (Å²) in [4.78, 5) is 30.5. The first kappa shape index (κ1) is 13.6. The van der Waals surface area contributed by atoms with Crippen molar-refractivity contribution in [2.75, 3.05) is 7.05 Å². The van der Waals surface area contributed by atoms with Gasteiger partial charge in [-0.2, -0.15) is 0 Å². The molecule has 3 N–H and O–H groups in total. The molecule has 1 aromatic heterocycles. The zero-order valence-electron chi connectivity index (χ0n) is 10.7. The van der Waals surface area contributed by atoms with E-state index in [1.54, 1.807) is 18.2 Å². The van der Waals surface area contributed by atoms with Crippen LogP contribution in [-0.2, 0) is 6.54 Å². The summed E-state index contributed by atoms with van der Waals surface area (Å²) in [6, 6.07) is 6.62. The van der Waals surface area contributed by atoms with Gasteiger partial charge in [-0.1, -0.05) is 18.2 Å². The van der Waals surface area contributed by atoms with Crippen molar-refractivity contribution in [3.05, 3.63) is 47.5 Å². The highest BCUT2D eigenvalue weighted by atomic mass is 16.4. The van der Waals surface area contributed by atoms with E-state index < -0.39 is 11.9 Å². The highest BCUT2D eigenvalue weighted by molar-refractivity contribution is 6.02. The Labute approximate surface area is 114 Å². The van der Waals surface area contributed by atoms with Crippen LogP contribution in [0.5, 0.6) is 5.75 Å². The van der Waals surface area contributed by atoms with Gasteiger partial charge in [-0.25, -0.2) is 9.78 Å². The number of hydrogen-bond acceptors (Lipinski definition) is 4. The van der Waals surface area contributed by atoms with E-state index in [1.807, 2.05) is 0 Å². The Morgan fingerprint density at radius 3 is 2.70 bits per heavy atom. The Bertz CT molecular complexity index is 651. The first-order valence-electron chi connectivity index (χ1n) is 5.79. The topological polar surface area (TPSA) is 107 Å². The number of carboxylic acid groups (broad SMARTS) is 1. The van der Waals surface area contributed by atoms with Crippen molar-refractivity contribution >= 4 is 11.9 Å². The minimum atomic E-state index is -1.25. The van der Waals surface area contributed by atoms with Gasteiger partial charge < -0.3 is 20.1 Å². The van der Waals surface area contributed by atoms with Gasteiger partial charge in [0, 0.05) is 19.2 Å². The van der Waals surface area contributed by atoms with E-state index in [2.05, 4.69) is 9.97 Å². The Morgan fingerprint density at radius 1 is 1.35 bits per heavy atom. The van der Waals surface area contributed by atoms with E-state index in [0.717, 1.165) is 6.33 Å². The van der Waals surface area contributed by atoms with Gasteiger partial charge >= 0.3 is 5.97 Å². The lowest BCUT2D eigenvalue weighted by Crippen LogP contribution is -2.28. The van der Waals surface area contributed by atoms with Crippen molar-refractivity contribution in [2.45, 2.75) is 6.54 Å². The van der Waals surface area contributed by atoms with E-state index in [9.17, 15) is 14.7 Å². The Balaban J connectivity index is 2.19. The lowest BCUT2D eigenvalue weighted by molar-refractivity contribution is 0.0674. The van der Waals surface area contributed by atoms with Gasteiger partial charge in [0.05, 0.1) is 6.33 Å². The van der Waals surface area contributed by atoms with E-state index in [4.69, 9.17) is 5.11 Å². The molecular weight excluding hydrogens is 262 g/mol. The fourth-order valence-electron chi connectivity index (χ4n) is 1.77. The molecule has 0 aliphatic carbocycles. The van der Waals surface area contributed by atoms with Gasteiger partial charge in [0.25, 0.3) is 5.91 Å². The average molecular weight is 275 g/mol. The van der Waals surface area contributed by atoms with Crippen LogP contribution in [0.3, 0.4) is 0 Å². The zero-order valence-corrected chi connectivity index (χ0v) is 10.7. The third-order valence-electron chi connectivity index (χ3n) is 2.80. The molecule has 1 heterocycles. The second-order valence-electron chi connectivity index (χ2n) is 4.22. The SMILES string of the molecule is CN(Cc1ccccc1O)C(=O)c1nc[nH]c1C(=O)O. The molecule has 2 aromatic rings. The van der Waals surface area contributed by atoms with Crippen molar-refractivity contribution in [3.63, 3.8) is 0 Å². The average Bonchev–Trinajstić information content (AvgIpc) is 2.89. The number of aromatic hydroxyl groups is 1. The van der Waals surface area contributed by atoms with Crippen LogP contribution in [0.2, 0.25) is 0 Å². The molecule has 0 aliphatic rings. The number of para-hydroxylation sites is 1. The molecule has 0 atom stereocenters. The van der Waals surface area contributed by atoms with E-state index >= 15 is 0 Å². The van der Waals surface area contributed by atoms with Crippen LogP contribution in [0.15, 0.2) is 30.6 Å². The second kappa shape index (κ2) is 5.43. The first-order chi connectivity index (χ1) is 9.50. The molecule has 0 unspecified atom stereocenters. The number of amides is 1. The monoisotopic (exact) mass is 275 g/mol. The fourth-order valence-corrected chi connectivity index (χ4v) is 1.77. The van der Waals surface area contributed by atoms with Crippen LogP contribution in [0.1, 0.15) is 26.5 Å². The molecule has 0 fully saturated rings. The summed E-state index contributed by atoms with van der Waals surface area (Å²) in [5, 5.41) is 18.6. The van der Waals surface area contributed by atoms with Gasteiger partial charge in [-0.3, -0.25) is 4.79 Å². The predicted molar refractivity (Wildman–Crippen MR) is 69.5 cm³/mol. The van der Waals surface area contributed by atoms with Gasteiger partial charge in [0.1, 0.15) is 5.75 Å². The number of benzene rings is 1. The highest BCUT2D eigenvalue weighted by Crippen LogP contribution is 2.18. The maximum Gasteiger partial charge on any atom is 0.354 e. The fraction of sp³-hybridized carbons (Fsp3) is 0.154. The Hall–Kier alpha value is -2.83. The number of aromatic amines is 1. The van der Waals surface area contributed by atoms with Gasteiger partial charge in [-0.05, 0) is 6.07 Å². The zero-order chi connectivity index (χ0) is 14.7. The van der Waals surface area contributed by atoms with Crippen molar-refractivity contribution in [1.29, 1.82) is 0 Å². The molecule has 0 radical (unpaired) electrons. The van der Waals surface area contributed by atoms with Crippen LogP contribution < -0.4 is 0 Å². The maximum absolute atomic E-state index is 12.1. The van der Waals surface area contributed by atoms with Crippen LogP contribution in [0.25, 0.3) is 0 Å². The number of nitrogens with zero attached hydrogens (tertiary/aromatic N) is 2. The number of imidazole rings is 1. The molecule has 7 nitrogen and oxygen atoms in total. The number of rotatable bonds is 4. The highest BCUT2D eigenvalue weighted by Gasteiger charge is 2.23. The molecule has 0 saturated heterocycles. The molecule has 2 rings (SSSR count). The van der Waals surface area contributed by atoms with Gasteiger partial charge in [0.15, 0.2) is 11.4 Å². The maximum atomic E-state index is 12.1. The molecule has 1 amide bonds. The van der Waals surface area contributed by atoms with Gasteiger partial charge in [0.2, 0.25) is 0 Å². The molecule has 0 spiro atoms. The third-order valence-corrected chi connectivity index (χ3v) is 2.80. The van der Waals surface area contributed by atoms with Gasteiger partial charge in [-0.15, -0.1) is 0 Å². The molecule has 7 heteroatoms. The second-order valence-corrected chi connectivity index (χ2v) is 4.22. The Morgan fingerprint density at radius 2 is 2.05 bits per heavy atom. The summed E-state index contributed by atoms with van der Waals surface area (Å²) < 4.78 is 0. The molecule has 20 heavy (non-hydrogen) atoms. The number of hydrogen-bond donors (Lipinski definition) is 3. The number of carbonyl (C=O) groups excluding carboxylic acids is 1. The summed E-state index contributed by atoms with van der Waals surface area (Å²) in [5.41, 5.74) is 0.158.